The van der Waals surface area contributed by atoms with Gasteiger partial charge >= 0.3 is 0 Å². The second kappa shape index (κ2) is 5.51. The number of hydrogen-bond acceptors (Lipinski definition) is 3. The Bertz CT molecular complexity index is 558. The van der Waals surface area contributed by atoms with Crippen molar-refractivity contribution in [1.82, 2.24) is 4.98 Å². The smallest absolute Gasteiger partial charge is 0.248 e. The number of primary amides is 1. The van der Waals surface area contributed by atoms with Gasteiger partial charge in [-0.2, -0.15) is 0 Å². The maximum atomic E-state index is 11.0. The molecular formula is C13H11ClN2O2. The molecule has 1 aromatic heterocycles. The zero-order chi connectivity index (χ0) is 13.0. The number of nitrogens with zero attached hydrogens (tertiary/aromatic N) is 1. The van der Waals surface area contributed by atoms with Crippen molar-refractivity contribution in [1.29, 1.82) is 0 Å². The summed E-state index contributed by atoms with van der Waals surface area (Å²) in [5.74, 6) is 0.157. The first-order valence-electron chi connectivity index (χ1n) is 5.28. The fourth-order valence-electron chi connectivity index (χ4n) is 1.41. The number of ether oxygens (including phenoxy) is 1. The molecule has 0 aliphatic heterocycles. The van der Waals surface area contributed by atoms with Gasteiger partial charge in [0.25, 0.3) is 0 Å². The minimum absolute atomic E-state index is 0.309. The summed E-state index contributed by atoms with van der Waals surface area (Å²) < 4.78 is 5.51. The monoisotopic (exact) mass is 262 g/mol. The number of hydrogen-bond donors (Lipinski definition) is 1. The van der Waals surface area contributed by atoms with Crippen LogP contribution < -0.4 is 10.5 Å². The zero-order valence-electron chi connectivity index (χ0n) is 9.47. The second-order valence-electron chi connectivity index (χ2n) is 3.65. The van der Waals surface area contributed by atoms with E-state index in [1.165, 1.54) is 6.07 Å². The van der Waals surface area contributed by atoms with E-state index in [2.05, 4.69) is 4.98 Å². The highest BCUT2D eigenvalue weighted by molar-refractivity contribution is 6.31. The van der Waals surface area contributed by atoms with Gasteiger partial charge in [0.2, 0.25) is 5.91 Å². The fourth-order valence-corrected chi connectivity index (χ4v) is 1.65. The molecule has 92 valence electrons. The van der Waals surface area contributed by atoms with E-state index in [1.807, 2.05) is 0 Å². The largest absolute Gasteiger partial charge is 0.487 e. The fraction of sp³-hybridized carbons (Fsp3) is 0.0769. The lowest BCUT2D eigenvalue weighted by Gasteiger charge is -2.08. The molecule has 0 radical (unpaired) electrons. The summed E-state index contributed by atoms with van der Waals surface area (Å²) in [6.07, 6.45) is 3.28. The van der Waals surface area contributed by atoms with Crippen molar-refractivity contribution < 1.29 is 9.53 Å². The highest BCUT2D eigenvalue weighted by atomic mass is 35.5. The van der Waals surface area contributed by atoms with E-state index in [9.17, 15) is 4.79 Å². The first-order chi connectivity index (χ1) is 8.66. The summed E-state index contributed by atoms with van der Waals surface area (Å²) in [6, 6.07) is 8.46. The molecular weight excluding hydrogens is 252 g/mol. The molecule has 5 heteroatoms. The van der Waals surface area contributed by atoms with Crippen LogP contribution in [0.15, 0.2) is 42.7 Å². The Morgan fingerprint density at radius 3 is 2.83 bits per heavy atom. The number of aromatic nitrogens is 1. The first-order valence-corrected chi connectivity index (χ1v) is 5.65. The van der Waals surface area contributed by atoms with E-state index in [0.717, 1.165) is 5.56 Å². The Labute approximate surface area is 109 Å². The summed E-state index contributed by atoms with van der Waals surface area (Å²) in [7, 11) is 0. The molecule has 0 aliphatic carbocycles. The highest BCUT2D eigenvalue weighted by Crippen LogP contribution is 2.19. The van der Waals surface area contributed by atoms with Gasteiger partial charge in [0.1, 0.15) is 12.4 Å². The number of pyridine rings is 1. The van der Waals surface area contributed by atoms with Crippen LogP contribution in [0, 0.1) is 0 Å². The van der Waals surface area contributed by atoms with Crippen molar-refractivity contribution in [3.8, 4) is 5.75 Å². The van der Waals surface area contributed by atoms with Crippen molar-refractivity contribution in [2.24, 2.45) is 5.73 Å². The van der Waals surface area contributed by atoms with Crippen LogP contribution in [0.2, 0.25) is 5.02 Å². The number of nitrogens with two attached hydrogens (primary N) is 1. The molecule has 0 atom stereocenters. The molecule has 0 fully saturated rings. The number of benzene rings is 1. The second-order valence-corrected chi connectivity index (χ2v) is 4.06. The molecule has 1 amide bonds. The van der Waals surface area contributed by atoms with Gasteiger partial charge in [-0.15, -0.1) is 0 Å². The normalized spacial score (nSPS) is 10.1. The van der Waals surface area contributed by atoms with Gasteiger partial charge in [-0.3, -0.25) is 9.78 Å². The zero-order valence-corrected chi connectivity index (χ0v) is 10.2. The van der Waals surface area contributed by atoms with Crippen molar-refractivity contribution in [2.75, 3.05) is 0 Å². The maximum absolute atomic E-state index is 11.0. The van der Waals surface area contributed by atoms with Crippen LogP contribution in [0.5, 0.6) is 5.75 Å². The molecule has 2 N–H and O–H groups in total. The van der Waals surface area contributed by atoms with E-state index >= 15 is 0 Å². The third-order valence-corrected chi connectivity index (χ3v) is 2.72. The Morgan fingerprint density at radius 2 is 2.22 bits per heavy atom. The molecule has 0 bridgehead atoms. The van der Waals surface area contributed by atoms with Gasteiger partial charge in [0, 0.05) is 22.3 Å². The Hall–Kier alpha value is -2.07. The van der Waals surface area contributed by atoms with Gasteiger partial charge in [-0.1, -0.05) is 17.7 Å². The highest BCUT2D eigenvalue weighted by Gasteiger charge is 2.06. The molecule has 1 aromatic carbocycles. The quantitative estimate of drug-likeness (QED) is 0.920. The average Bonchev–Trinajstić information content (AvgIpc) is 2.38. The van der Waals surface area contributed by atoms with E-state index in [0.29, 0.717) is 22.9 Å². The number of carbonyl (C=O) groups is 1. The number of rotatable bonds is 4. The van der Waals surface area contributed by atoms with Crippen molar-refractivity contribution >= 4 is 17.5 Å². The molecule has 0 aliphatic rings. The van der Waals surface area contributed by atoms with Gasteiger partial charge in [-0.05, 0) is 24.3 Å². The molecule has 0 spiro atoms. The van der Waals surface area contributed by atoms with Gasteiger partial charge in [0.05, 0.1) is 6.20 Å². The van der Waals surface area contributed by atoms with E-state index in [4.69, 9.17) is 22.1 Å². The Morgan fingerprint density at radius 1 is 1.39 bits per heavy atom. The minimum atomic E-state index is -0.503. The molecule has 1 heterocycles. The molecule has 18 heavy (non-hydrogen) atoms. The lowest BCUT2D eigenvalue weighted by Crippen LogP contribution is -2.11. The van der Waals surface area contributed by atoms with Crippen molar-refractivity contribution in [3.63, 3.8) is 0 Å². The number of carbonyl (C=O) groups excluding carboxylic acids is 1. The third-order valence-electron chi connectivity index (χ3n) is 2.37. The van der Waals surface area contributed by atoms with Crippen LogP contribution in [-0.2, 0) is 6.61 Å². The molecule has 0 unspecified atom stereocenters. The molecule has 2 aromatic rings. The summed E-state index contributed by atoms with van der Waals surface area (Å²) in [5, 5.41) is 0.454. The van der Waals surface area contributed by atoms with Crippen LogP contribution in [0.4, 0.5) is 0 Å². The van der Waals surface area contributed by atoms with Crippen LogP contribution in [0.3, 0.4) is 0 Å². The Kier molecular flexibility index (Phi) is 3.79. The Balaban J connectivity index is 2.08. The summed E-state index contributed by atoms with van der Waals surface area (Å²) in [5.41, 5.74) is 6.32. The molecule has 4 nitrogen and oxygen atoms in total. The molecule has 2 rings (SSSR count). The van der Waals surface area contributed by atoms with E-state index < -0.39 is 5.91 Å². The van der Waals surface area contributed by atoms with Gasteiger partial charge < -0.3 is 10.5 Å². The SMILES string of the molecule is NC(=O)c1ccc(COc2cccnc2)c(Cl)c1. The van der Waals surface area contributed by atoms with E-state index in [-0.39, 0.29) is 0 Å². The van der Waals surface area contributed by atoms with Crippen LogP contribution in [0.25, 0.3) is 0 Å². The predicted molar refractivity (Wildman–Crippen MR) is 68.5 cm³/mol. The first kappa shape index (κ1) is 12.4. The summed E-state index contributed by atoms with van der Waals surface area (Å²) in [4.78, 5) is 14.9. The van der Waals surface area contributed by atoms with Gasteiger partial charge in [-0.25, -0.2) is 0 Å². The lowest BCUT2D eigenvalue weighted by molar-refractivity contribution is 0.1000. The lowest BCUT2D eigenvalue weighted by atomic mass is 10.1. The standard InChI is InChI=1S/C13H11ClN2O2/c14-12-6-9(13(15)17)3-4-10(12)8-18-11-2-1-5-16-7-11/h1-7H,8H2,(H2,15,17). The summed E-state index contributed by atoms with van der Waals surface area (Å²) >= 11 is 6.04. The van der Waals surface area contributed by atoms with Crippen molar-refractivity contribution in [2.45, 2.75) is 6.61 Å². The van der Waals surface area contributed by atoms with Crippen molar-refractivity contribution in [3.05, 3.63) is 58.9 Å². The maximum Gasteiger partial charge on any atom is 0.248 e. The number of halogens is 1. The molecule has 0 saturated heterocycles. The molecule has 0 saturated carbocycles. The van der Waals surface area contributed by atoms with Gasteiger partial charge in [0.15, 0.2) is 0 Å². The topological polar surface area (TPSA) is 65.2 Å². The third kappa shape index (κ3) is 2.99. The van der Waals surface area contributed by atoms with Crippen LogP contribution >= 0.6 is 11.6 Å². The minimum Gasteiger partial charge on any atom is -0.487 e. The predicted octanol–water partition coefficient (Wildman–Crippen LogP) is 2.41. The summed E-state index contributed by atoms with van der Waals surface area (Å²) in [6.45, 7) is 0.309. The van der Waals surface area contributed by atoms with E-state index in [1.54, 1.807) is 36.7 Å². The van der Waals surface area contributed by atoms with Crippen LogP contribution in [0.1, 0.15) is 15.9 Å². The van der Waals surface area contributed by atoms with Crippen LogP contribution in [-0.4, -0.2) is 10.9 Å². The number of amides is 1. The average molecular weight is 263 g/mol.